The molecule has 0 spiro atoms. The average molecular weight is 517 g/mol. The van der Waals surface area contributed by atoms with E-state index in [-0.39, 0.29) is 5.91 Å². The number of carbonyl (C=O) groups excluding carboxylic acids is 2. The maximum atomic E-state index is 12.4. The predicted octanol–water partition coefficient (Wildman–Crippen LogP) is 5.14. The summed E-state index contributed by atoms with van der Waals surface area (Å²) in [4.78, 5) is 24.6. The summed E-state index contributed by atoms with van der Waals surface area (Å²) < 4.78 is 11.3. The van der Waals surface area contributed by atoms with Gasteiger partial charge in [0.15, 0.2) is 0 Å². The number of ether oxygens (including phenoxy) is 2. The molecule has 32 heavy (non-hydrogen) atoms. The Balaban J connectivity index is 1.62. The molecular formula is C23H19BrClN3O4. The number of amides is 2. The third-order valence-corrected chi connectivity index (χ3v) is 5.26. The van der Waals surface area contributed by atoms with Crippen LogP contribution < -0.4 is 20.2 Å². The molecule has 0 unspecified atom stereocenters. The molecule has 3 aromatic rings. The summed E-state index contributed by atoms with van der Waals surface area (Å²) in [5, 5.41) is 7.31. The Labute approximate surface area is 198 Å². The number of methoxy groups -OCH3 is 2. The molecule has 3 rings (SSSR count). The Kier molecular flexibility index (Phi) is 7.86. The highest BCUT2D eigenvalue weighted by Gasteiger charge is 2.10. The lowest BCUT2D eigenvalue weighted by Crippen LogP contribution is -2.18. The van der Waals surface area contributed by atoms with E-state index in [0.717, 1.165) is 4.47 Å². The van der Waals surface area contributed by atoms with Crippen molar-refractivity contribution in [2.75, 3.05) is 19.5 Å². The molecule has 9 heteroatoms. The van der Waals surface area contributed by atoms with Crippen LogP contribution in [-0.2, 0) is 0 Å². The first-order valence-electron chi connectivity index (χ1n) is 9.33. The Morgan fingerprint density at radius 1 is 0.906 bits per heavy atom. The van der Waals surface area contributed by atoms with Gasteiger partial charge in [-0.1, -0.05) is 11.6 Å². The number of hydrogen-bond donors (Lipinski definition) is 2. The van der Waals surface area contributed by atoms with Gasteiger partial charge in [-0.25, -0.2) is 5.43 Å². The Hall–Kier alpha value is -3.36. The number of hydrazone groups is 1. The van der Waals surface area contributed by atoms with Crippen molar-refractivity contribution < 1.29 is 19.1 Å². The number of nitrogens with zero attached hydrogens (tertiary/aromatic N) is 1. The van der Waals surface area contributed by atoms with Crippen LogP contribution in [0.1, 0.15) is 26.3 Å². The van der Waals surface area contributed by atoms with Crippen LogP contribution in [0.3, 0.4) is 0 Å². The van der Waals surface area contributed by atoms with Crippen molar-refractivity contribution in [2.24, 2.45) is 5.10 Å². The largest absolute Gasteiger partial charge is 0.496 e. The molecule has 0 bridgehead atoms. The van der Waals surface area contributed by atoms with E-state index in [9.17, 15) is 9.59 Å². The lowest BCUT2D eigenvalue weighted by atomic mass is 10.1. The maximum Gasteiger partial charge on any atom is 0.271 e. The summed E-state index contributed by atoms with van der Waals surface area (Å²) in [6, 6.07) is 16.5. The normalized spacial score (nSPS) is 10.6. The summed E-state index contributed by atoms with van der Waals surface area (Å²) in [5.74, 6) is 0.488. The SMILES string of the molecule is COc1cc(OC)c(C=NNC(=O)c2ccc(NC(=O)c3ccc(Cl)cc3)cc2)cc1Br. The molecule has 0 saturated heterocycles. The van der Waals surface area contributed by atoms with Crippen molar-refractivity contribution in [3.8, 4) is 11.5 Å². The fraction of sp³-hybridized carbons (Fsp3) is 0.0870. The van der Waals surface area contributed by atoms with E-state index in [4.69, 9.17) is 21.1 Å². The van der Waals surface area contributed by atoms with Crippen LogP contribution in [0, 0.1) is 0 Å². The van der Waals surface area contributed by atoms with Crippen LogP contribution in [-0.4, -0.2) is 32.2 Å². The van der Waals surface area contributed by atoms with Gasteiger partial charge in [-0.3, -0.25) is 9.59 Å². The number of halogens is 2. The van der Waals surface area contributed by atoms with Gasteiger partial charge in [-0.15, -0.1) is 0 Å². The maximum absolute atomic E-state index is 12.4. The fourth-order valence-corrected chi connectivity index (χ4v) is 3.37. The Bertz CT molecular complexity index is 1150. The Morgan fingerprint density at radius 3 is 2.12 bits per heavy atom. The molecule has 0 heterocycles. The van der Waals surface area contributed by atoms with Crippen LogP contribution in [0.2, 0.25) is 5.02 Å². The van der Waals surface area contributed by atoms with Gasteiger partial charge in [0.1, 0.15) is 11.5 Å². The summed E-state index contributed by atoms with van der Waals surface area (Å²) in [7, 11) is 3.09. The van der Waals surface area contributed by atoms with Crippen LogP contribution in [0.25, 0.3) is 0 Å². The minimum absolute atomic E-state index is 0.275. The third-order valence-electron chi connectivity index (χ3n) is 4.39. The van der Waals surface area contributed by atoms with E-state index in [1.54, 1.807) is 67.8 Å². The fourth-order valence-electron chi connectivity index (χ4n) is 2.72. The van der Waals surface area contributed by atoms with Crippen LogP contribution in [0.15, 0.2) is 70.2 Å². The average Bonchev–Trinajstić information content (AvgIpc) is 2.80. The summed E-state index contributed by atoms with van der Waals surface area (Å²) >= 11 is 9.24. The van der Waals surface area contributed by atoms with E-state index in [1.807, 2.05) is 0 Å². The number of carbonyl (C=O) groups is 2. The van der Waals surface area contributed by atoms with Crippen LogP contribution in [0.4, 0.5) is 5.69 Å². The quantitative estimate of drug-likeness (QED) is 0.336. The van der Waals surface area contributed by atoms with E-state index >= 15 is 0 Å². The van der Waals surface area contributed by atoms with Crippen molar-refractivity contribution >= 4 is 51.2 Å². The van der Waals surface area contributed by atoms with E-state index in [1.165, 1.54) is 13.3 Å². The van der Waals surface area contributed by atoms with Crippen molar-refractivity contribution in [2.45, 2.75) is 0 Å². The smallest absolute Gasteiger partial charge is 0.271 e. The highest BCUT2D eigenvalue weighted by Crippen LogP contribution is 2.31. The molecule has 2 amide bonds. The molecule has 2 N–H and O–H groups in total. The van der Waals surface area contributed by atoms with E-state index in [0.29, 0.717) is 38.9 Å². The van der Waals surface area contributed by atoms with Crippen molar-refractivity contribution in [1.29, 1.82) is 0 Å². The molecule has 0 radical (unpaired) electrons. The first kappa shape index (κ1) is 23.3. The Morgan fingerprint density at radius 2 is 1.50 bits per heavy atom. The minimum Gasteiger partial charge on any atom is -0.496 e. The van der Waals surface area contributed by atoms with Gasteiger partial charge in [0.25, 0.3) is 11.8 Å². The van der Waals surface area contributed by atoms with E-state index < -0.39 is 5.91 Å². The topological polar surface area (TPSA) is 89.0 Å². The predicted molar refractivity (Wildman–Crippen MR) is 128 cm³/mol. The highest BCUT2D eigenvalue weighted by atomic mass is 79.9. The number of nitrogens with one attached hydrogen (secondary N) is 2. The molecule has 0 aliphatic rings. The van der Waals surface area contributed by atoms with E-state index in [2.05, 4.69) is 31.8 Å². The van der Waals surface area contributed by atoms with Crippen molar-refractivity contribution in [3.63, 3.8) is 0 Å². The first-order chi connectivity index (χ1) is 15.4. The molecule has 0 saturated carbocycles. The van der Waals surface area contributed by atoms with Crippen LogP contribution in [0.5, 0.6) is 11.5 Å². The van der Waals surface area contributed by atoms with Gasteiger partial charge in [-0.2, -0.15) is 5.10 Å². The van der Waals surface area contributed by atoms with Gasteiger partial charge in [0, 0.05) is 33.5 Å². The molecule has 0 aliphatic carbocycles. The van der Waals surface area contributed by atoms with Gasteiger partial charge >= 0.3 is 0 Å². The molecular weight excluding hydrogens is 498 g/mol. The molecule has 0 aliphatic heterocycles. The number of hydrogen-bond acceptors (Lipinski definition) is 5. The second kappa shape index (κ2) is 10.8. The molecule has 7 nitrogen and oxygen atoms in total. The monoisotopic (exact) mass is 515 g/mol. The lowest BCUT2D eigenvalue weighted by molar-refractivity contribution is 0.0954. The van der Waals surface area contributed by atoms with Gasteiger partial charge in [0.05, 0.1) is 24.9 Å². The number of anilines is 1. The lowest BCUT2D eigenvalue weighted by Gasteiger charge is -2.09. The van der Waals surface area contributed by atoms with Gasteiger partial charge in [-0.05, 0) is 70.5 Å². The summed E-state index contributed by atoms with van der Waals surface area (Å²) in [6.07, 6.45) is 1.47. The number of rotatable bonds is 7. The molecule has 0 fully saturated rings. The number of benzene rings is 3. The van der Waals surface area contributed by atoms with Gasteiger partial charge < -0.3 is 14.8 Å². The zero-order chi connectivity index (χ0) is 23.1. The molecule has 0 atom stereocenters. The minimum atomic E-state index is -0.400. The zero-order valence-electron chi connectivity index (χ0n) is 17.2. The molecule has 0 aromatic heterocycles. The van der Waals surface area contributed by atoms with Crippen LogP contribution >= 0.6 is 27.5 Å². The summed E-state index contributed by atoms with van der Waals surface area (Å²) in [5.41, 5.74) is 4.54. The van der Waals surface area contributed by atoms with Gasteiger partial charge in [0.2, 0.25) is 0 Å². The van der Waals surface area contributed by atoms with Crippen molar-refractivity contribution in [3.05, 3.63) is 86.8 Å². The standard InChI is InChI=1S/C23H19BrClN3O4/c1-31-20-12-21(32-2)19(24)11-16(20)13-26-28-23(30)15-5-9-18(10-6-15)27-22(29)14-3-7-17(25)8-4-14/h3-13H,1-2H3,(H,27,29)(H,28,30). The van der Waals surface area contributed by atoms with Crippen molar-refractivity contribution in [1.82, 2.24) is 5.43 Å². The first-order valence-corrected chi connectivity index (χ1v) is 10.5. The zero-order valence-corrected chi connectivity index (χ0v) is 19.5. The summed E-state index contributed by atoms with van der Waals surface area (Å²) in [6.45, 7) is 0. The highest BCUT2D eigenvalue weighted by molar-refractivity contribution is 9.10. The molecule has 3 aromatic carbocycles. The molecule has 164 valence electrons. The third kappa shape index (κ3) is 5.87. The second-order valence-electron chi connectivity index (χ2n) is 6.47. The second-order valence-corrected chi connectivity index (χ2v) is 7.76.